The summed E-state index contributed by atoms with van der Waals surface area (Å²) >= 11 is 7.45. The van der Waals surface area contributed by atoms with E-state index in [0.29, 0.717) is 38.0 Å². The second-order valence-electron chi connectivity index (χ2n) is 7.72. The van der Waals surface area contributed by atoms with Gasteiger partial charge >= 0.3 is 5.97 Å². The van der Waals surface area contributed by atoms with Gasteiger partial charge in [-0.2, -0.15) is 0 Å². The summed E-state index contributed by atoms with van der Waals surface area (Å²) in [4.78, 5) is 34.4. The highest BCUT2D eigenvalue weighted by molar-refractivity contribution is 7.14. The van der Waals surface area contributed by atoms with Gasteiger partial charge in [0.25, 0.3) is 5.91 Å². The number of fused-ring (bicyclic) bond motifs is 1. The molecule has 0 unspecified atom stereocenters. The fraction of sp³-hybridized carbons (Fsp3) is 0.0370. The molecule has 2 aromatic heterocycles. The largest absolute Gasteiger partial charge is 0.452 e. The van der Waals surface area contributed by atoms with Gasteiger partial charge in [0.2, 0.25) is 0 Å². The van der Waals surface area contributed by atoms with Gasteiger partial charge in [-0.15, -0.1) is 11.3 Å². The van der Waals surface area contributed by atoms with Crippen LogP contribution in [0.2, 0.25) is 5.02 Å². The first-order valence-corrected chi connectivity index (χ1v) is 12.1. The summed E-state index contributed by atoms with van der Waals surface area (Å²) in [5, 5.41) is 5.92. The van der Waals surface area contributed by atoms with Crippen molar-refractivity contribution in [3.05, 3.63) is 101 Å². The van der Waals surface area contributed by atoms with Crippen LogP contribution >= 0.6 is 22.9 Å². The molecule has 6 nitrogen and oxygen atoms in total. The third-order valence-electron chi connectivity index (χ3n) is 5.31. The van der Waals surface area contributed by atoms with Crippen LogP contribution in [0.3, 0.4) is 0 Å². The van der Waals surface area contributed by atoms with Crippen molar-refractivity contribution in [2.45, 2.75) is 0 Å². The lowest BCUT2D eigenvalue weighted by molar-refractivity contribution is -0.119. The molecule has 3 aromatic carbocycles. The molecule has 2 heterocycles. The van der Waals surface area contributed by atoms with Gasteiger partial charge in [0, 0.05) is 26.9 Å². The Labute approximate surface area is 214 Å². The van der Waals surface area contributed by atoms with Crippen molar-refractivity contribution in [3.8, 4) is 22.5 Å². The number of amides is 1. The molecule has 0 radical (unpaired) electrons. The number of para-hydroxylation sites is 1. The van der Waals surface area contributed by atoms with E-state index in [4.69, 9.17) is 16.3 Å². The quantitative estimate of drug-likeness (QED) is 0.256. The zero-order valence-electron chi connectivity index (χ0n) is 18.6. The highest BCUT2D eigenvalue weighted by Crippen LogP contribution is 2.30. The van der Waals surface area contributed by atoms with Crippen molar-refractivity contribution in [2.24, 2.45) is 0 Å². The molecular weight excluding hydrogens is 501 g/mol. The highest BCUT2D eigenvalue weighted by Gasteiger charge is 2.17. The number of nitrogens with one attached hydrogen (secondary N) is 1. The van der Waals surface area contributed by atoms with Gasteiger partial charge in [0.15, 0.2) is 11.7 Å². The van der Waals surface area contributed by atoms with E-state index in [-0.39, 0.29) is 11.4 Å². The van der Waals surface area contributed by atoms with Crippen molar-refractivity contribution in [3.63, 3.8) is 0 Å². The third kappa shape index (κ3) is 5.10. The Morgan fingerprint density at radius 2 is 1.69 bits per heavy atom. The Morgan fingerprint density at radius 1 is 0.944 bits per heavy atom. The molecule has 1 amide bonds. The second kappa shape index (κ2) is 10.2. The van der Waals surface area contributed by atoms with Crippen molar-refractivity contribution >= 4 is 50.8 Å². The van der Waals surface area contributed by atoms with Gasteiger partial charge in [0.1, 0.15) is 5.82 Å². The smallest absolute Gasteiger partial charge is 0.339 e. The van der Waals surface area contributed by atoms with E-state index in [2.05, 4.69) is 15.3 Å². The van der Waals surface area contributed by atoms with Crippen molar-refractivity contribution < 1.29 is 18.7 Å². The molecule has 36 heavy (non-hydrogen) atoms. The zero-order valence-corrected chi connectivity index (χ0v) is 20.1. The number of rotatable bonds is 6. The molecule has 0 aliphatic rings. The lowest BCUT2D eigenvalue weighted by Gasteiger charge is -2.10. The minimum atomic E-state index is -0.678. The Balaban J connectivity index is 1.31. The molecular formula is C27H17ClFN3O3S. The van der Waals surface area contributed by atoms with E-state index in [1.54, 1.807) is 53.9 Å². The normalized spacial score (nSPS) is 10.8. The van der Waals surface area contributed by atoms with Crippen LogP contribution < -0.4 is 5.32 Å². The van der Waals surface area contributed by atoms with Crippen LogP contribution in [0.5, 0.6) is 0 Å². The van der Waals surface area contributed by atoms with E-state index in [1.807, 2.05) is 18.2 Å². The van der Waals surface area contributed by atoms with Crippen LogP contribution in [0.15, 0.2) is 84.2 Å². The molecule has 5 rings (SSSR count). The van der Waals surface area contributed by atoms with Crippen LogP contribution in [-0.2, 0) is 9.53 Å². The molecule has 0 saturated heterocycles. The Hall–Kier alpha value is -4.14. The summed E-state index contributed by atoms with van der Waals surface area (Å²) in [5.41, 5.74) is 3.35. The number of thiazole rings is 1. The topological polar surface area (TPSA) is 81.2 Å². The van der Waals surface area contributed by atoms with Gasteiger partial charge in [0.05, 0.1) is 22.5 Å². The van der Waals surface area contributed by atoms with Gasteiger partial charge < -0.3 is 4.74 Å². The average molecular weight is 518 g/mol. The van der Waals surface area contributed by atoms with Gasteiger partial charge in [-0.1, -0.05) is 48.0 Å². The average Bonchev–Trinajstić information content (AvgIpc) is 3.35. The number of aromatic nitrogens is 2. The van der Waals surface area contributed by atoms with Crippen LogP contribution in [-0.4, -0.2) is 28.5 Å². The van der Waals surface area contributed by atoms with Gasteiger partial charge in [-0.3, -0.25) is 10.1 Å². The summed E-state index contributed by atoms with van der Waals surface area (Å²) in [7, 11) is 0. The Bertz CT molecular complexity index is 1590. The monoisotopic (exact) mass is 517 g/mol. The van der Waals surface area contributed by atoms with Crippen LogP contribution in [0.1, 0.15) is 10.4 Å². The van der Waals surface area contributed by atoms with Crippen LogP contribution in [0.4, 0.5) is 9.52 Å². The van der Waals surface area contributed by atoms with E-state index in [0.717, 1.165) is 5.56 Å². The molecule has 0 aliphatic heterocycles. The fourth-order valence-corrected chi connectivity index (χ4v) is 4.56. The fourth-order valence-electron chi connectivity index (χ4n) is 3.60. The first kappa shape index (κ1) is 23.6. The Morgan fingerprint density at radius 3 is 2.50 bits per heavy atom. The maximum absolute atomic E-state index is 13.4. The predicted molar refractivity (Wildman–Crippen MR) is 139 cm³/mol. The molecule has 178 valence electrons. The molecule has 0 aliphatic carbocycles. The van der Waals surface area contributed by atoms with Gasteiger partial charge in [-0.05, 0) is 42.5 Å². The number of carbonyl (C=O) groups excluding carboxylic acids is 2. The molecule has 0 fully saturated rings. The number of ether oxygens (including phenoxy) is 1. The molecule has 9 heteroatoms. The first-order valence-electron chi connectivity index (χ1n) is 10.8. The number of hydrogen-bond donors (Lipinski definition) is 1. The number of benzene rings is 3. The molecule has 1 N–H and O–H groups in total. The first-order chi connectivity index (χ1) is 17.5. The summed E-state index contributed by atoms with van der Waals surface area (Å²) < 4.78 is 18.7. The third-order valence-corrected chi connectivity index (χ3v) is 6.40. The SMILES string of the molecule is O=C(COC(=O)c1cc(-c2ccc(F)cc2)nc2ccccc12)Nc1nc(-c2ccccc2Cl)cs1. The molecule has 5 aromatic rings. The van der Waals surface area contributed by atoms with Crippen LogP contribution in [0.25, 0.3) is 33.4 Å². The summed E-state index contributed by atoms with van der Waals surface area (Å²) in [6.45, 7) is -0.498. The Kier molecular flexibility index (Phi) is 6.71. The molecule has 0 atom stereocenters. The van der Waals surface area contributed by atoms with Crippen molar-refractivity contribution in [1.29, 1.82) is 0 Å². The maximum atomic E-state index is 13.4. The van der Waals surface area contributed by atoms with E-state index in [1.165, 1.54) is 23.5 Å². The maximum Gasteiger partial charge on any atom is 0.339 e. The second-order valence-corrected chi connectivity index (χ2v) is 8.99. The van der Waals surface area contributed by atoms with Gasteiger partial charge in [-0.25, -0.2) is 19.2 Å². The number of pyridine rings is 1. The number of carbonyl (C=O) groups is 2. The molecule has 0 bridgehead atoms. The minimum Gasteiger partial charge on any atom is -0.452 e. The standard InChI is InChI=1S/C27H17ClFN3O3S/c28-21-7-3-1-6-19(21)24-15-36-27(31-24)32-25(33)14-35-26(34)20-13-23(16-9-11-17(29)12-10-16)30-22-8-4-2-5-18(20)22/h1-13,15H,14H2,(H,31,32,33). The minimum absolute atomic E-state index is 0.253. The van der Waals surface area contributed by atoms with Crippen molar-refractivity contribution in [1.82, 2.24) is 9.97 Å². The predicted octanol–water partition coefficient (Wildman–Crippen LogP) is 6.61. The number of halogens is 2. The van der Waals surface area contributed by atoms with Crippen LogP contribution in [0, 0.1) is 5.82 Å². The molecule has 0 saturated carbocycles. The van der Waals surface area contributed by atoms with E-state index < -0.39 is 18.5 Å². The summed E-state index contributed by atoms with van der Waals surface area (Å²) in [5.74, 6) is -1.58. The lowest BCUT2D eigenvalue weighted by Crippen LogP contribution is -2.21. The van der Waals surface area contributed by atoms with E-state index in [9.17, 15) is 14.0 Å². The van der Waals surface area contributed by atoms with Crippen molar-refractivity contribution in [2.75, 3.05) is 11.9 Å². The number of hydrogen-bond acceptors (Lipinski definition) is 6. The number of esters is 1. The summed E-state index contributed by atoms with van der Waals surface area (Å²) in [6.07, 6.45) is 0. The number of nitrogens with zero attached hydrogens (tertiary/aromatic N) is 2. The lowest BCUT2D eigenvalue weighted by atomic mass is 10.0. The zero-order chi connectivity index (χ0) is 25.1. The summed E-state index contributed by atoms with van der Waals surface area (Å²) in [6, 6.07) is 21.8. The molecule has 0 spiro atoms. The van der Waals surface area contributed by atoms with E-state index >= 15 is 0 Å². The highest BCUT2D eigenvalue weighted by atomic mass is 35.5. The number of anilines is 1.